The maximum atomic E-state index is 10.7. The van der Waals surface area contributed by atoms with Gasteiger partial charge in [-0.05, 0) is 23.4 Å². The van der Waals surface area contributed by atoms with Gasteiger partial charge in [-0.15, -0.1) is 36.2 Å². The number of phenols is 1. The van der Waals surface area contributed by atoms with Crippen LogP contribution in [0.5, 0.6) is 5.75 Å². The first kappa shape index (κ1) is 20.3. The quantitative estimate of drug-likeness (QED) is 0.852. The zero-order valence-electron chi connectivity index (χ0n) is 13.2. The average molecular weight is 375 g/mol. The van der Waals surface area contributed by atoms with Gasteiger partial charge in [-0.2, -0.15) is 0 Å². The minimum Gasteiger partial charge on any atom is -0.507 e. The van der Waals surface area contributed by atoms with Crippen molar-refractivity contribution in [3.05, 3.63) is 51.7 Å². The number of aryl methyl sites for hydroxylation is 1. The van der Waals surface area contributed by atoms with Crippen LogP contribution in [0.1, 0.15) is 29.0 Å². The van der Waals surface area contributed by atoms with Crippen molar-refractivity contribution in [2.75, 3.05) is 26.2 Å². The van der Waals surface area contributed by atoms with E-state index in [-0.39, 0.29) is 30.9 Å². The van der Waals surface area contributed by atoms with Crippen LogP contribution in [0.15, 0.2) is 35.7 Å². The number of thiophene rings is 1. The number of nitrogens with one attached hydrogen (secondary N) is 1. The molecule has 23 heavy (non-hydrogen) atoms. The molecular formula is C17H24Cl2N2OS. The first-order valence-electron chi connectivity index (χ1n) is 7.60. The predicted octanol–water partition coefficient (Wildman–Crippen LogP) is 3.85. The van der Waals surface area contributed by atoms with Crippen molar-refractivity contribution in [2.24, 2.45) is 0 Å². The Labute approximate surface area is 154 Å². The van der Waals surface area contributed by atoms with E-state index >= 15 is 0 Å². The van der Waals surface area contributed by atoms with Crippen LogP contribution in [0.2, 0.25) is 0 Å². The van der Waals surface area contributed by atoms with E-state index in [2.05, 4.69) is 46.8 Å². The maximum Gasteiger partial charge on any atom is 0.123 e. The van der Waals surface area contributed by atoms with Crippen molar-refractivity contribution in [3.8, 4) is 5.75 Å². The van der Waals surface area contributed by atoms with Crippen molar-refractivity contribution in [3.63, 3.8) is 0 Å². The molecule has 3 nitrogen and oxygen atoms in total. The summed E-state index contributed by atoms with van der Waals surface area (Å²) in [5, 5.41) is 16.2. The molecule has 3 rings (SSSR count). The zero-order valence-corrected chi connectivity index (χ0v) is 15.6. The van der Waals surface area contributed by atoms with E-state index in [1.54, 1.807) is 11.3 Å². The third-order valence-corrected chi connectivity index (χ3v) is 5.08. The highest BCUT2D eigenvalue weighted by atomic mass is 35.5. The molecule has 0 spiro atoms. The fourth-order valence-corrected chi connectivity index (χ4v) is 3.91. The molecule has 1 fully saturated rings. The molecule has 0 aliphatic carbocycles. The highest BCUT2D eigenvalue weighted by Crippen LogP contribution is 2.38. The molecule has 0 amide bonds. The highest BCUT2D eigenvalue weighted by molar-refractivity contribution is 7.10. The number of nitrogens with zero attached hydrogens (tertiary/aromatic N) is 1. The number of phenolic OH excluding ortho intramolecular Hbond substituents is 1. The lowest BCUT2D eigenvalue weighted by molar-refractivity contribution is 0.198. The Kier molecular flexibility index (Phi) is 8.37. The molecule has 0 bridgehead atoms. The molecule has 2 heterocycles. The second-order valence-electron chi connectivity index (χ2n) is 5.41. The van der Waals surface area contributed by atoms with E-state index in [1.807, 2.05) is 6.07 Å². The summed E-state index contributed by atoms with van der Waals surface area (Å²) in [6.07, 6.45) is 0.860. The fraction of sp³-hybridized carbons (Fsp3) is 0.412. The second-order valence-corrected chi connectivity index (χ2v) is 6.39. The van der Waals surface area contributed by atoms with E-state index in [1.165, 1.54) is 4.88 Å². The SMILES string of the molecule is CCc1cccc([C@H](c2cccs2)N2CCNCC2)c1O.Cl.Cl. The third kappa shape index (κ3) is 4.40. The van der Waals surface area contributed by atoms with Crippen molar-refractivity contribution >= 4 is 36.2 Å². The number of hydrogen-bond donors (Lipinski definition) is 2. The molecule has 1 atom stereocenters. The fourth-order valence-electron chi connectivity index (χ4n) is 3.03. The molecule has 1 saturated heterocycles. The number of aromatic hydroxyl groups is 1. The monoisotopic (exact) mass is 374 g/mol. The van der Waals surface area contributed by atoms with Gasteiger partial charge in [0.25, 0.3) is 0 Å². The Morgan fingerprint density at radius 2 is 1.91 bits per heavy atom. The molecule has 1 aromatic heterocycles. The molecule has 0 saturated carbocycles. The minimum atomic E-state index is 0. The van der Waals surface area contributed by atoms with Crippen LogP contribution in [0.3, 0.4) is 0 Å². The van der Waals surface area contributed by atoms with Crippen LogP contribution >= 0.6 is 36.2 Å². The van der Waals surface area contributed by atoms with Crippen molar-refractivity contribution in [2.45, 2.75) is 19.4 Å². The van der Waals surface area contributed by atoms with Gasteiger partial charge < -0.3 is 10.4 Å². The summed E-state index contributed by atoms with van der Waals surface area (Å²) in [7, 11) is 0. The Bertz CT molecular complexity index is 586. The highest BCUT2D eigenvalue weighted by Gasteiger charge is 2.27. The summed E-state index contributed by atoms with van der Waals surface area (Å²) in [5.74, 6) is 0.469. The van der Waals surface area contributed by atoms with Crippen molar-refractivity contribution < 1.29 is 5.11 Å². The Morgan fingerprint density at radius 1 is 1.17 bits per heavy atom. The van der Waals surface area contributed by atoms with Gasteiger partial charge in [0.05, 0.1) is 6.04 Å². The molecule has 0 radical (unpaired) electrons. The van der Waals surface area contributed by atoms with Crippen LogP contribution in [-0.2, 0) is 6.42 Å². The molecule has 128 valence electrons. The summed E-state index contributed by atoms with van der Waals surface area (Å²) in [6.45, 7) is 6.13. The number of rotatable bonds is 4. The first-order valence-corrected chi connectivity index (χ1v) is 8.48. The van der Waals surface area contributed by atoms with Crippen LogP contribution in [0.4, 0.5) is 0 Å². The minimum absolute atomic E-state index is 0. The van der Waals surface area contributed by atoms with Crippen LogP contribution < -0.4 is 5.32 Å². The molecule has 0 unspecified atom stereocenters. The maximum absolute atomic E-state index is 10.7. The van der Waals surface area contributed by atoms with Gasteiger partial charge >= 0.3 is 0 Å². The van der Waals surface area contributed by atoms with E-state index in [9.17, 15) is 5.11 Å². The lowest BCUT2D eigenvalue weighted by atomic mass is 9.98. The van der Waals surface area contributed by atoms with Gasteiger partial charge in [0.1, 0.15) is 5.75 Å². The van der Waals surface area contributed by atoms with Crippen molar-refractivity contribution in [1.82, 2.24) is 10.2 Å². The smallest absolute Gasteiger partial charge is 0.123 e. The summed E-state index contributed by atoms with van der Waals surface area (Å²) in [5.41, 5.74) is 2.07. The molecule has 1 aliphatic heterocycles. The van der Waals surface area contributed by atoms with E-state index < -0.39 is 0 Å². The number of benzene rings is 1. The second kappa shape index (κ2) is 9.50. The van der Waals surface area contributed by atoms with Crippen LogP contribution in [-0.4, -0.2) is 36.2 Å². The van der Waals surface area contributed by atoms with Gasteiger partial charge in [-0.3, -0.25) is 4.90 Å². The van der Waals surface area contributed by atoms with Crippen molar-refractivity contribution in [1.29, 1.82) is 0 Å². The zero-order chi connectivity index (χ0) is 14.7. The molecule has 2 aromatic rings. The topological polar surface area (TPSA) is 35.5 Å². The molecular weight excluding hydrogens is 351 g/mol. The Hall–Kier alpha value is -0.780. The summed E-state index contributed by atoms with van der Waals surface area (Å²) < 4.78 is 0. The molecule has 1 aromatic carbocycles. The normalized spacial score (nSPS) is 16.2. The van der Waals surface area contributed by atoms with Crippen LogP contribution in [0.25, 0.3) is 0 Å². The van der Waals surface area contributed by atoms with Gasteiger partial charge in [0, 0.05) is 36.6 Å². The first-order chi connectivity index (χ1) is 10.3. The lowest BCUT2D eigenvalue weighted by Gasteiger charge is -2.35. The largest absolute Gasteiger partial charge is 0.507 e. The number of halogens is 2. The van der Waals surface area contributed by atoms with Gasteiger partial charge in [-0.1, -0.05) is 31.2 Å². The van der Waals surface area contributed by atoms with E-state index in [0.29, 0.717) is 5.75 Å². The van der Waals surface area contributed by atoms with E-state index in [0.717, 1.165) is 43.7 Å². The van der Waals surface area contributed by atoms with E-state index in [4.69, 9.17) is 0 Å². The van der Waals surface area contributed by atoms with Gasteiger partial charge in [0.2, 0.25) is 0 Å². The Balaban J connectivity index is 0.00000132. The standard InChI is InChI=1S/C17H22N2OS.2ClH/c1-2-13-5-3-6-14(17(13)20)16(15-7-4-12-21-15)19-10-8-18-9-11-19;;/h3-7,12,16,18,20H,2,8-11H2,1H3;2*1H/t16-;;/m1../s1. The number of para-hydroxylation sites is 1. The number of piperazine rings is 1. The predicted molar refractivity (Wildman–Crippen MR) is 103 cm³/mol. The third-order valence-electron chi connectivity index (χ3n) is 4.16. The number of hydrogen-bond acceptors (Lipinski definition) is 4. The molecule has 2 N–H and O–H groups in total. The van der Waals surface area contributed by atoms with Gasteiger partial charge in [0.15, 0.2) is 0 Å². The molecule has 6 heteroatoms. The van der Waals surface area contributed by atoms with Crippen LogP contribution in [0, 0.1) is 0 Å². The lowest BCUT2D eigenvalue weighted by Crippen LogP contribution is -2.45. The molecule has 1 aliphatic rings. The summed E-state index contributed by atoms with van der Waals surface area (Å²) in [6, 6.07) is 10.6. The Morgan fingerprint density at radius 3 is 2.52 bits per heavy atom. The summed E-state index contributed by atoms with van der Waals surface area (Å²) >= 11 is 1.77. The summed E-state index contributed by atoms with van der Waals surface area (Å²) in [4.78, 5) is 3.78. The average Bonchev–Trinajstić information content (AvgIpc) is 3.04. The van der Waals surface area contributed by atoms with Gasteiger partial charge in [-0.25, -0.2) is 0 Å².